The summed E-state index contributed by atoms with van der Waals surface area (Å²) in [4.78, 5) is 26.4. The van der Waals surface area contributed by atoms with E-state index in [1.165, 1.54) is 6.33 Å². The third kappa shape index (κ3) is 3.64. The lowest BCUT2D eigenvalue weighted by Crippen LogP contribution is -2.33. The summed E-state index contributed by atoms with van der Waals surface area (Å²) in [7, 11) is 0. The van der Waals surface area contributed by atoms with Gasteiger partial charge in [-0.2, -0.15) is 0 Å². The Hall–Kier alpha value is -3.10. The highest BCUT2D eigenvalue weighted by Gasteiger charge is 2.40. The minimum absolute atomic E-state index is 0.134. The third-order valence-electron chi connectivity index (χ3n) is 5.23. The molecule has 0 unspecified atom stereocenters. The van der Waals surface area contributed by atoms with Crippen molar-refractivity contribution in [1.29, 1.82) is 0 Å². The molecule has 8 heteroatoms. The molecule has 2 fully saturated rings. The van der Waals surface area contributed by atoms with Crippen LogP contribution in [0.4, 0.5) is 0 Å². The molecule has 1 aromatic carbocycles. The Morgan fingerprint density at radius 3 is 2.59 bits per heavy atom. The topological polar surface area (TPSA) is 86.7 Å². The monoisotopic (exact) mass is 392 g/mol. The first-order chi connectivity index (χ1) is 14.3. The van der Waals surface area contributed by atoms with Crippen molar-refractivity contribution in [2.45, 2.75) is 18.3 Å². The van der Waals surface area contributed by atoms with Crippen molar-refractivity contribution < 1.29 is 19.0 Å². The van der Waals surface area contributed by atoms with Crippen LogP contribution >= 0.6 is 0 Å². The highest BCUT2D eigenvalue weighted by Crippen LogP contribution is 2.27. The van der Waals surface area contributed by atoms with E-state index in [0.29, 0.717) is 32.0 Å². The number of carbonyl (C=O) groups excluding carboxylic acids is 1. The standard InChI is InChI=1S/C21H20N4O4/c26-21(17-5-7-23-13-24-17)25-9-19-20(10-25)28-12-15(11-27-19)29-18-3-1-2-14-8-22-6-4-16(14)18/h1-8,13,15,19-20H,9-12H2/t19-,20-/m0/s1. The van der Waals surface area contributed by atoms with Crippen LogP contribution in [0.2, 0.25) is 0 Å². The highest BCUT2D eigenvalue weighted by atomic mass is 16.6. The van der Waals surface area contributed by atoms with Crippen LogP contribution in [0.3, 0.4) is 0 Å². The van der Waals surface area contributed by atoms with Crippen LogP contribution < -0.4 is 4.74 Å². The summed E-state index contributed by atoms with van der Waals surface area (Å²) in [5.74, 6) is 0.652. The van der Waals surface area contributed by atoms with Gasteiger partial charge in [0.15, 0.2) is 0 Å². The smallest absolute Gasteiger partial charge is 0.272 e. The fourth-order valence-electron chi connectivity index (χ4n) is 3.76. The van der Waals surface area contributed by atoms with Gasteiger partial charge in [-0.05, 0) is 18.2 Å². The number of aromatic nitrogens is 3. The molecule has 29 heavy (non-hydrogen) atoms. The van der Waals surface area contributed by atoms with Crippen molar-refractivity contribution in [2.75, 3.05) is 26.3 Å². The van der Waals surface area contributed by atoms with E-state index in [2.05, 4.69) is 15.0 Å². The van der Waals surface area contributed by atoms with E-state index < -0.39 is 0 Å². The van der Waals surface area contributed by atoms with Crippen molar-refractivity contribution in [3.63, 3.8) is 0 Å². The highest BCUT2D eigenvalue weighted by molar-refractivity contribution is 5.92. The van der Waals surface area contributed by atoms with Crippen molar-refractivity contribution in [1.82, 2.24) is 19.9 Å². The lowest BCUT2D eigenvalue weighted by molar-refractivity contribution is -0.00461. The predicted octanol–water partition coefficient (Wildman–Crippen LogP) is 1.71. The fraction of sp³-hybridized carbons (Fsp3) is 0.333. The molecule has 8 nitrogen and oxygen atoms in total. The number of ether oxygens (including phenoxy) is 3. The molecule has 0 spiro atoms. The van der Waals surface area contributed by atoms with E-state index >= 15 is 0 Å². The molecular weight excluding hydrogens is 372 g/mol. The first-order valence-corrected chi connectivity index (χ1v) is 9.56. The van der Waals surface area contributed by atoms with Crippen molar-refractivity contribution in [2.24, 2.45) is 0 Å². The van der Waals surface area contributed by atoms with Gasteiger partial charge in [0.1, 0.15) is 36.1 Å². The summed E-state index contributed by atoms with van der Waals surface area (Å²) in [6.07, 6.45) is 5.94. The first kappa shape index (κ1) is 18.0. The van der Waals surface area contributed by atoms with Crippen LogP contribution in [0.15, 0.2) is 55.2 Å². The van der Waals surface area contributed by atoms with Gasteiger partial charge in [0.05, 0.1) is 13.2 Å². The number of benzene rings is 1. The van der Waals surface area contributed by atoms with Crippen molar-refractivity contribution in [3.8, 4) is 5.75 Å². The Kier molecular flexibility index (Phi) is 4.79. The molecule has 2 aromatic heterocycles. The summed E-state index contributed by atoms with van der Waals surface area (Å²) < 4.78 is 18.3. The maximum Gasteiger partial charge on any atom is 0.272 e. The van der Waals surface area contributed by atoms with Crippen molar-refractivity contribution in [3.05, 3.63) is 60.9 Å². The molecule has 3 aromatic rings. The van der Waals surface area contributed by atoms with E-state index in [0.717, 1.165) is 16.5 Å². The second-order valence-corrected chi connectivity index (χ2v) is 7.14. The first-order valence-electron chi connectivity index (χ1n) is 9.56. The molecule has 1 amide bonds. The molecule has 148 valence electrons. The van der Waals surface area contributed by atoms with E-state index in [-0.39, 0.29) is 24.2 Å². The van der Waals surface area contributed by atoms with Crippen molar-refractivity contribution >= 4 is 16.7 Å². The van der Waals surface area contributed by atoms with Crippen LogP contribution in [0.25, 0.3) is 10.8 Å². The van der Waals surface area contributed by atoms with Crippen LogP contribution in [-0.4, -0.2) is 70.4 Å². The molecule has 2 saturated heterocycles. The van der Waals surface area contributed by atoms with E-state index in [4.69, 9.17) is 14.2 Å². The number of hydrogen-bond donors (Lipinski definition) is 0. The lowest BCUT2D eigenvalue weighted by Gasteiger charge is -2.20. The molecule has 0 N–H and O–H groups in total. The Bertz CT molecular complexity index is 994. The van der Waals surface area contributed by atoms with Gasteiger partial charge in [0.25, 0.3) is 5.91 Å². The number of nitrogens with zero attached hydrogens (tertiary/aromatic N) is 4. The summed E-state index contributed by atoms with van der Waals surface area (Å²) >= 11 is 0. The maximum absolute atomic E-state index is 12.6. The van der Waals surface area contributed by atoms with Gasteiger partial charge in [-0.25, -0.2) is 9.97 Å². The Labute approximate surface area is 167 Å². The van der Waals surface area contributed by atoms with Gasteiger partial charge in [-0.15, -0.1) is 0 Å². The van der Waals surface area contributed by atoms with Gasteiger partial charge >= 0.3 is 0 Å². The number of fused-ring (bicyclic) bond motifs is 2. The number of pyridine rings is 1. The van der Waals surface area contributed by atoms with E-state index in [1.54, 1.807) is 23.4 Å². The average Bonchev–Trinajstić information content (AvgIpc) is 3.10. The molecule has 2 atom stereocenters. The zero-order chi connectivity index (χ0) is 19.6. The summed E-state index contributed by atoms with van der Waals surface area (Å²) in [6.45, 7) is 1.75. The number of hydrogen-bond acceptors (Lipinski definition) is 7. The Morgan fingerprint density at radius 2 is 1.83 bits per heavy atom. The van der Waals surface area contributed by atoms with Gasteiger partial charge in [-0.3, -0.25) is 9.78 Å². The molecule has 2 aliphatic heterocycles. The number of carbonyl (C=O) groups is 1. The SMILES string of the molecule is O=C(c1ccncn1)N1C[C@@H]2OCC(Oc3cccc4cnccc34)CO[C@H]2C1. The van der Waals surface area contributed by atoms with Crippen LogP contribution in [0.5, 0.6) is 5.75 Å². The Morgan fingerprint density at radius 1 is 1.03 bits per heavy atom. The molecule has 0 bridgehead atoms. The fourth-order valence-corrected chi connectivity index (χ4v) is 3.76. The lowest BCUT2D eigenvalue weighted by atomic mass is 10.1. The van der Waals surface area contributed by atoms with E-state index in [1.807, 2.05) is 30.5 Å². The maximum atomic E-state index is 12.6. The zero-order valence-electron chi connectivity index (χ0n) is 15.7. The molecule has 4 heterocycles. The quantitative estimate of drug-likeness (QED) is 0.671. The summed E-state index contributed by atoms with van der Waals surface area (Å²) in [5.41, 5.74) is 0.378. The van der Waals surface area contributed by atoms with Gasteiger partial charge in [-0.1, -0.05) is 12.1 Å². The Balaban J connectivity index is 1.23. The van der Waals surface area contributed by atoms with Crippen LogP contribution in [0.1, 0.15) is 10.5 Å². The predicted molar refractivity (Wildman–Crippen MR) is 104 cm³/mol. The largest absolute Gasteiger partial charge is 0.485 e. The van der Waals surface area contributed by atoms with Gasteiger partial charge < -0.3 is 19.1 Å². The molecule has 0 radical (unpaired) electrons. The number of likely N-dealkylation sites (tertiary alicyclic amines) is 1. The number of amides is 1. The van der Waals surface area contributed by atoms with Crippen LogP contribution in [0, 0.1) is 0 Å². The average molecular weight is 392 g/mol. The minimum Gasteiger partial charge on any atom is -0.485 e. The molecular formula is C21H20N4O4. The van der Waals surface area contributed by atoms with Gasteiger partial charge in [0, 0.05) is 42.5 Å². The zero-order valence-corrected chi connectivity index (χ0v) is 15.7. The molecule has 0 aliphatic carbocycles. The molecule has 0 saturated carbocycles. The molecule has 5 rings (SSSR count). The third-order valence-corrected chi connectivity index (χ3v) is 5.23. The summed E-state index contributed by atoms with van der Waals surface area (Å²) in [5, 5.41) is 2.03. The number of rotatable bonds is 3. The van der Waals surface area contributed by atoms with E-state index in [9.17, 15) is 4.79 Å². The van der Waals surface area contributed by atoms with Gasteiger partial charge in [0.2, 0.25) is 0 Å². The second-order valence-electron chi connectivity index (χ2n) is 7.14. The minimum atomic E-state index is -0.217. The second kappa shape index (κ2) is 7.73. The molecule has 2 aliphatic rings. The van der Waals surface area contributed by atoms with Crippen LogP contribution in [-0.2, 0) is 9.47 Å². The normalized spacial score (nSPS) is 22.3. The summed E-state index contributed by atoms with van der Waals surface area (Å²) in [6, 6.07) is 9.44.